The monoisotopic (exact) mass is 925 g/mol. The van der Waals surface area contributed by atoms with Gasteiger partial charge in [0, 0.05) is 43.9 Å². The fourth-order valence-corrected chi connectivity index (χ4v) is 10.7. The van der Waals surface area contributed by atoms with E-state index in [2.05, 4.69) is 261 Å². The Bertz CT molecular complexity index is 3970. The van der Waals surface area contributed by atoms with Crippen molar-refractivity contribution in [3.05, 3.63) is 265 Å². The Balaban J connectivity index is 1.07. The molecule has 1 atom stereocenters. The molecule has 4 heteroatoms. The van der Waals surface area contributed by atoms with Crippen molar-refractivity contribution in [1.29, 1.82) is 0 Å². The molecule has 2 aromatic heterocycles. The largest absolute Gasteiger partial charge is 0.456 e. The van der Waals surface area contributed by atoms with E-state index >= 15 is 0 Å². The van der Waals surface area contributed by atoms with Crippen molar-refractivity contribution in [1.82, 2.24) is 9.88 Å². The molecule has 1 aliphatic rings. The van der Waals surface area contributed by atoms with Crippen molar-refractivity contribution in [2.24, 2.45) is 4.99 Å². The number of aliphatic imine (C=N–C) groups is 1. The lowest BCUT2D eigenvalue weighted by molar-refractivity contribution is 0.590. The molecule has 10 aromatic carbocycles. The number of fused-ring (bicyclic) bond motifs is 6. The van der Waals surface area contributed by atoms with E-state index in [1.54, 1.807) is 0 Å². The average Bonchev–Trinajstić information content (AvgIpc) is 3.98. The zero-order valence-corrected chi connectivity index (χ0v) is 40.5. The van der Waals surface area contributed by atoms with Gasteiger partial charge in [0.05, 0.1) is 22.4 Å². The molecule has 344 valence electrons. The van der Waals surface area contributed by atoms with E-state index < -0.39 is 0 Å². The molecule has 0 aliphatic carbocycles. The highest BCUT2D eigenvalue weighted by Crippen LogP contribution is 2.45. The molecular formula is C68H51N3O. The van der Waals surface area contributed by atoms with Crippen LogP contribution in [0.2, 0.25) is 0 Å². The van der Waals surface area contributed by atoms with E-state index in [4.69, 9.17) is 9.41 Å². The highest BCUT2D eigenvalue weighted by molar-refractivity contribution is 6.15. The second kappa shape index (κ2) is 17.4. The topological polar surface area (TPSA) is 42.5 Å². The van der Waals surface area contributed by atoms with Crippen LogP contribution in [0.5, 0.6) is 0 Å². The van der Waals surface area contributed by atoms with Crippen LogP contribution < -0.4 is 5.32 Å². The van der Waals surface area contributed by atoms with E-state index in [1.165, 1.54) is 38.6 Å². The number of aromatic nitrogens is 1. The van der Waals surface area contributed by atoms with E-state index in [0.717, 1.165) is 89.0 Å². The van der Waals surface area contributed by atoms with Gasteiger partial charge in [-0.05, 0) is 110 Å². The average molecular weight is 926 g/mol. The minimum Gasteiger partial charge on any atom is -0.456 e. The number of hydrogen-bond donors (Lipinski definition) is 1. The Morgan fingerprint density at radius 1 is 0.417 bits per heavy atom. The first-order valence-electron chi connectivity index (χ1n) is 24.9. The second-order valence-electron chi connectivity index (χ2n) is 20.0. The molecule has 0 bridgehead atoms. The number of nitrogens with one attached hydrogen (secondary N) is 1. The Morgan fingerprint density at radius 2 is 0.917 bits per heavy atom. The molecule has 1 unspecified atom stereocenters. The first-order valence-corrected chi connectivity index (χ1v) is 24.9. The molecule has 0 spiro atoms. The number of furan rings is 1. The van der Waals surface area contributed by atoms with Gasteiger partial charge in [0.15, 0.2) is 0 Å². The minimum absolute atomic E-state index is 0.0113. The summed E-state index contributed by atoms with van der Waals surface area (Å²) in [6.45, 7) is 6.84. The van der Waals surface area contributed by atoms with Gasteiger partial charge < -0.3 is 14.3 Å². The molecule has 0 saturated heterocycles. The number of benzene rings is 10. The number of para-hydroxylation sites is 1. The van der Waals surface area contributed by atoms with Crippen LogP contribution in [-0.2, 0) is 5.41 Å². The SMILES string of the molecule is CC(C)(C)c1ccc(-c2cc(C3=CC(c4ccccc4)=NC(c4ccc5c(c4)oc4ccccc45)N3)cc(-c3ccccc3)c2-n2c3ccc(-c4ccccc4)cc3c3cc(-c4ccccc4)ccc32)cc1. The second-order valence-corrected chi connectivity index (χ2v) is 20.0. The molecule has 1 aliphatic heterocycles. The summed E-state index contributed by atoms with van der Waals surface area (Å²) < 4.78 is 8.97. The predicted molar refractivity (Wildman–Crippen MR) is 302 cm³/mol. The third-order valence-electron chi connectivity index (χ3n) is 14.4. The molecule has 3 heterocycles. The third-order valence-corrected chi connectivity index (χ3v) is 14.4. The number of nitrogens with zero attached hydrogens (tertiary/aromatic N) is 2. The van der Waals surface area contributed by atoms with E-state index in [9.17, 15) is 0 Å². The number of rotatable bonds is 8. The van der Waals surface area contributed by atoms with Gasteiger partial charge in [0.1, 0.15) is 17.3 Å². The van der Waals surface area contributed by atoms with Gasteiger partial charge >= 0.3 is 0 Å². The van der Waals surface area contributed by atoms with Crippen LogP contribution >= 0.6 is 0 Å². The van der Waals surface area contributed by atoms with Crippen LogP contribution in [-0.4, -0.2) is 10.3 Å². The van der Waals surface area contributed by atoms with E-state index in [0.29, 0.717) is 0 Å². The molecule has 4 nitrogen and oxygen atoms in total. The Morgan fingerprint density at radius 3 is 1.50 bits per heavy atom. The first kappa shape index (κ1) is 43.1. The fourth-order valence-electron chi connectivity index (χ4n) is 10.7. The van der Waals surface area contributed by atoms with Crippen LogP contribution in [0, 0.1) is 0 Å². The highest BCUT2D eigenvalue weighted by atomic mass is 16.3. The lowest BCUT2D eigenvalue weighted by Crippen LogP contribution is -2.25. The minimum atomic E-state index is -0.387. The molecule has 0 radical (unpaired) electrons. The van der Waals surface area contributed by atoms with Gasteiger partial charge in [0.2, 0.25) is 0 Å². The molecule has 72 heavy (non-hydrogen) atoms. The van der Waals surface area contributed by atoms with Crippen LogP contribution in [0.3, 0.4) is 0 Å². The van der Waals surface area contributed by atoms with E-state index in [-0.39, 0.29) is 11.6 Å². The first-order chi connectivity index (χ1) is 35.3. The van der Waals surface area contributed by atoms with Crippen molar-refractivity contribution < 1.29 is 4.42 Å². The van der Waals surface area contributed by atoms with Crippen molar-refractivity contribution in [2.45, 2.75) is 32.4 Å². The number of allylic oxidation sites excluding steroid dienone is 1. The standard InChI is InChI=1S/C68H51N3O/c1-68(2,3)53-33-28-47(29-34-53)57-41-52(61-43-60(48-24-14-7-15-25-48)69-67(70-61)51-30-35-55-54-26-16-17-27-64(54)72-65(55)42-51)40-56(46-22-12-6-13-23-46)66(57)71-62-36-31-49(44-18-8-4-9-19-44)38-58(62)59-39-50(32-37-63(59)71)45-20-10-5-11-21-45/h4-43,67,70H,1-3H3. The van der Waals surface area contributed by atoms with Crippen molar-refractivity contribution in [3.8, 4) is 50.2 Å². The summed E-state index contributed by atoms with van der Waals surface area (Å²) in [6, 6.07) is 85.6. The van der Waals surface area contributed by atoms with Crippen LogP contribution in [0.1, 0.15) is 49.2 Å². The maximum absolute atomic E-state index is 6.44. The maximum Gasteiger partial charge on any atom is 0.145 e. The summed E-state index contributed by atoms with van der Waals surface area (Å²) >= 11 is 0. The maximum atomic E-state index is 6.44. The van der Waals surface area contributed by atoms with Gasteiger partial charge in [-0.1, -0.05) is 209 Å². The van der Waals surface area contributed by atoms with Crippen molar-refractivity contribution in [2.75, 3.05) is 0 Å². The van der Waals surface area contributed by atoms with Gasteiger partial charge in [-0.15, -0.1) is 0 Å². The van der Waals surface area contributed by atoms with Crippen molar-refractivity contribution in [3.63, 3.8) is 0 Å². The van der Waals surface area contributed by atoms with Crippen molar-refractivity contribution >= 4 is 55.2 Å². The van der Waals surface area contributed by atoms with Crippen LogP contribution in [0.4, 0.5) is 0 Å². The molecule has 0 saturated carbocycles. The number of hydrogen-bond acceptors (Lipinski definition) is 3. The lowest BCUT2D eigenvalue weighted by atomic mass is 9.85. The van der Waals surface area contributed by atoms with Gasteiger partial charge in [0.25, 0.3) is 0 Å². The third kappa shape index (κ3) is 7.69. The highest BCUT2D eigenvalue weighted by Gasteiger charge is 2.26. The smallest absolute Gasteiger partial charge is 0.145 e. The molecule has 13 rings (SSSR count). The van der Waals surface area contributed by atoms with E-state index in [1.807, 2.05) is 12.1 Å². The zero-order valence-electron chi connectivity index (χ0n) is 40.5. The van der Waals surface area contributed by atoms with Crippen LogP contribution in [0.15, 0.2) is 252 Å². The summed E-state index contributed by atoms with van der Waals surface area (Å²) in [5, 5.41) is 8.56. The Hall–Kier alpha value is -8.99. The summed E-state index contributed by atoms with van der Waals surface area (Å²) in [6.07, 6.45) is 1.83. The molecular weight excluding hydrogens is 875 g/mol. The molecule has 1 N–H and O–H groups in total. The molecule has 12 aromatic rings. The fraction of sp³-hybridized carbons (Fsp3) is 0.0735. The Labute approximate surface area is 419 Å². The summed E-state index contributed by atoms with van der Waals surface area (Å²) in [4.78, 5) is 5.42. The lowest BCUT2D eigenvalue weighted by Gasteiger charge is -2.27. The Kier molecular flexibility index (Phi) is 10.4. The molecule has 0 fully saturated rings. The predicted octanol–water partition coefficient (Wildman–Crippen LogP) is 17.8. The zero-order chi connectivity index (χ0) is 48.3. The molecule has 0 amide bonds. The van der Waals surface area contributed by atoms with Gasteiger partial charge in [-0.25, -0.2) is 0 Å². The summed E-state index contributed by atoms with van der Waals surface area (Å²) in [7, 11) is 0. The normalized spacial score (nSPS) is 13.9. The van der Waals surface area contributed by atoms with Crippen LogP contribution in [0.25, 0.3) is 99.6 Å². The summed E-state index contributed by atoms with van der Waals surface area (Å²) in [5.74, 6) is 0. The van der Waals surface area contributed by atoms with Gasteiger partial charge in [-0.3, -0.25) is 4.99 Å². The summed E-state index contributed by atoms with van der Waals surface area (Å²) in [5.41, 5.74) is 20.7. The van der Waals surface area contributed by atoms with Gasteiger partial charge in [-0.2, -0.15) is 0 Å². The quantitative estimate of drug-likeness (QED) is 0.165.